The standard InChI is InChI=1S/C18H25N5O2S.2ClH/c1-12-9-23(10-13(2)25-12)16-4-3-14(7-20-16)8-21-18(24)15-11-26-17(22-15)5-6-19;;/h3-4,7,11-13H,5-6,8-10,19H2,1-2H3,(H,21,24);2*1H. The summed E-state index contributed by atoms with van der Waals surface area (Å²) in [6.45, 7) is 6.78. The largest absolute Gasteiger partial charge is 0.372 e. The van der Waals surface area contributed by atoms with Crippen molar-refractivity contribution in [3.05, 3.63) is 40.0 Å². The Kier molecular flexibility index (Phi) is 10.1. The smallest absolute Gasteiger partial charge is 0.271 e. The van der Waals surface area contributed by atoms with Crippen LogP contribution in [0.3, 0.4) is 0 Å². The highest BCUT2D eigenvalue weighted by Crippen LogP contribution is 2.18. The normalized spacial score (nSPS) is 18.8. The van der Waals surface area contributed by atoms with Crippen LogP contribution in [0.1, 0.15) is 34.9 Å². The molecule has 0 bridgehead atoms. The average Bonchev–Trinajstić information content (AvgIpc) is 3.08. The number of ether oxygens (including phenoxy) is 1. The van der Waals surface area contributed by atoms with Gasteiger partial charge in [0.2, 0.25) is 0 Å². The Bertz CT molecular complexity index is 734. The maximum atomic E-state index is 12.2. The number of nitrogens with one attached hydrogen (secondary N) is 1. The van der Waals surface area contributed by atoms with Crippen molar-refractivity contribution in [3.63, 3.8) is 0 Å². The quantitative estimate of drug-likeness (QED) is 0.705. The number of carbonyl (C=O) groups is 1. The summed E-state index contributed by atoms with van der Waals surface area (Å²) in [6.07, 6.45) is 2.90. The van der Waals surface area contributed by atoms with Gasteiger partial charge in [-0.15, -0.1) is 36.2 Å². The van der Waals surface area contributed by atoms with Crippen molar-refractivity contribution < 1.29 is 9.53 Å². The van der Waals surface area contributed by atoms with Gasteiger partial charge < -0.3 is 20.7 Å². The van der Waals surface area contributed by atoms with Crippen molar-refractivity contribution in [2.24, 2.45) is 5.73 Å². The number of thiazole rings is 1. The molecule has 1 amide bonds. The van der Waals surface area contributed by atoms with Crippen molar-refractivity contribution in [3.8, 4) is 0 Å². The second-order valence-corrected chi connectivity index (χ2v) is 7.48. The summed E-state index contributed by atoms with van der Waals surface area (Å²) in [6, 6.07) is 3.99. The lowest BCUT2D eigenvalue weighted by Crippen LogP contribution is -2.45. The van der Waals surface area contributed by atoms with Crippen LogP contribution in [0.2, 0.25) is 0 Å². The van der Waals surface area contributed by atoms with Crippen LogP contribution >= 0.6 is 36.2 Å². The van der Waals surface area contributed by atoms with Crippen LogP contribution in [0.15, 0.2) is 23.7 Å². The number of morpholine rings is 1. The van der Waals surface area contributed by atoms with E-state index in [2.05, 4.69) is 34.0 Å². The molecule has 1 aliphatic rings. The predicted molar refractivity (Wildman–Crippen MR) is 117 cm³/mol. The maximum absolute atomic E-state index is 12.2. The average molecular weight is 448 g/mol. The topological polar surface area (TPSA) is 93.4 Å². The molecular weight excluding hydrogens is 421 g/mol. The Morgan fingerprint density at radius 2 is 2.04 bits per heavy atom. The minimum Gasteiger partial charge on any atom is -0.372 e. The van der Waals surface area contributed by atoms with Gasteiger partial charge in [-0.25, -0.2) is 9.97 Å². The fourth-order valence-corrected chi connectivity index (χ4v) is 3.79. The van der Waals surface area contributed by atoms with Crippen LogP contribution in [0.4, 0.5) is 5.82 Å². The van der Waals surface area contributed by atoms with Crippen molar-refractivity contribution in [2.75, 3.05) is 24.5 Å². The first-order chi connectivity index (χ1) is 12.5. The predicted octanol–water partition coefficient (Wildman–Crippen LogP) is 2.43. The fraction of sp³-hybridized carbons (Fsp3) is 0.500. The second-order valence-electron chi connectivity index (χ2n) is 6.53. The molecule has 1 fully saturated rings. The molecule has 10 heteroatoms. The molecule has 3 N–H and O–H groups in total. The molecule has 0 aliphatic carbocycles. The lowest BCUT2D eigenvalue weighted by molar-refractivity contribution is -0.00546. The molecule has 28 heavy (non-hydrogen) atoms. The Morgan fingerprint density at radius 3 is 2.64 bits per heavy atom. The zero-order valence-corrected chi connectivity index (χ0v) is 18.4. The highest BCUT2D eigenvalue weighted by Gasteiger charge is 2.23. The maximum Gasteiger partial charge on any atom is 0.271 e. The minimum atomic E-state index is -0.176. The third-order valence-electron chi connectivity index (χ3n) is 4.15. The number of pyridine rings is 1. The summed E-state index contributed by atoms with van der Waals surface area (Å²) in [4.78, 5) is 23.2. The molecule has 3 rings (SSSR count). The van der Waals surface area contributed by atoms with Crippen molar-refractivity contribution >= 4 is 47.9 Å². The number of nitrogens with two attached hydrogens (primary N) is 1. The first-order valence-corrected chi connectivity index (χ1v) is 9.71. The summed E-state index contributed by atoms with van der Waals surface area (Å²) < 4.78 is 5.76. The van der Waals surface area contributed by atoms with E-state index in [1.54, 1.807) is 11.6 Å². The molecule has 0 saturated carbocycles. The first kappa shape index (κ1) is 24.6. The Hall–Kier alpha value is -1.45. The number of hydrogen-bond donors (Lipinski definition) is 2. The van der Waals surface area contributed by atoms with E-state index in [-0.39, 0.29) is 42.9 Å². The Morgan fingerprint density at radius 1 is 1.32 bits per heavy atom. The summed E-state index contributed by atoms with van der Waals surface area (Å²) in [5.41, 5.74) is 6.91. The molecule has 0 radical (unpaired) electrons. The Labute approximate surface area is 181 Å². The number of halogens is 2. The van der Waals surface area contributed by atoms with Gasteiger partial charge in [0.15, 0.2) is 0 Å². The molecule has 7 nitrogen and oxygen atoms in total. The van der Waals surface area contributed by atoms with E-state index in [0.29, 0.717) is 25.2 Å². The van der Waals surface area contributed by atoms with E-state index in [4.69, 9.17) is 10.5 Å². The highest BCUT2D eigenvalue weighted by molar-refractivity contribution is 7.09. The minimum absolute atomic E-state index is 0. The molecular formula is C18H27Cl2N5O2S. The molecule has 0 aromatic carbocycles. The highest BCUT2D eigenvalue weighted by atomic mass is 35.5. The van der Waals surface area contributed by atoms with E-state index < -0.39 is 0 Å². The number of rotatable bonds is 6. The molecule has 2 aromatic heterocycles. The number of aromatic nitrogens is 2. The molecule has 2 aromatic rings. The van der Waals surface area contributed by atoms with Crippen LogP contribution < -0.4 is 16.0 Å². The monoisotopic (exact) mass is 447 g/mol. The zero-order chi connectivity index (χ0) is 18.5. The van der Waals surface area contributed by atoms with Crippen LogP contribution in [0.5, 0.6) is 0 Å². The van der Waals surface area contributed by atoms with Crippen LogP contribution in [0.25, 0.3) is 0 Å². The molecule has 1 aliphatic heterocycles. The van der Waals surface area contributed by atoms with Crippen LogP contribution in [-0.4, -0.2) is 47.7 Å². The number of amides is 1. The third-order valence-corrected chi connectivity index (χ3v) is 5.06. The third kappa shape index (κ3) is 6.56. The lowest BCUT2D eigenvalue weighted by Gasteiger charge is -2.36. The van der Waals surface area contributed by atoms with Gasteiger partial charge in [-0.05, 0) is 32.0 Å². The molecule has 1 saturated heterocycles. The van der Waals surface area contributed by atoms with Crippen LogP contribution in [0, 0.1) is 0 Å². The number of anilines is 1. The van der Waals surface area contributed by atoms with Gasteiger partial charge in [0.1, 0.15) is 11.5 Å². The summed E-state index contributed by atoms with van der Waals surface area (Å²) >= 11 is 1.46. The van der Waals surface area contributed by atoms with Gasteiger partial charge in [0.25, 0.3) is 5.91 Å². The van der Waals surface area contributed by atoms with E-state index in [1.807, 2.05) is 12.1 Å². The van der Waals surface area contributed by atoms with Gasteiger partial charge >= 0.3 is 0 Å². The fourth-order valence-electron chi connectivity index (χ4n) is 3.00. The SMILES string of the molecule is CC1CN(c2ccc(CNC(=O)c3csc(CCN)n3)cn2)CC(C)O1.Cl.Cl. The number of carbonyl (C=O) groups excluding carboxylic acids is 1. The van der Waals surface area contributed by atoms with E-state index in [9.17, 15) is 4.79 Å². The number of hydrogen-bond acceptors (Lipinski definition) is 7. The molecule has 0 spiro atoms. The second kappa shape index (κ2) is 11.5. The first-order valence-electron chi connectivity index (χ1n) is 8.83. The molecule has 2 unspecified atom stereocenters. The van der Waals surface area contributed by atoms with Gasteiger partial charge in [0, 0.05) is 37.6 Å². The summed E-state index contributed by atoms with van der Waals surface area (Å²) in [5.74, 6) is 0.762. The van der Waals surface area contributed by atoms with E-state index >= 15 is 0 Å². The lowest BCUT2D eigenvalue weighted by atomic mass is 10.2. The Balaban J connectivity index is 0.00000196. The van der Waals surface area contributed by atoms with Crippen molar-refractivity contribution in [2.45, 2.75) is 39.0 Å². The molecule has 3 heterocycles. The van der Waals surface area contributed by atoms with Crippen LogP contribution in [-0.2, 0) is 17.7 Å². The summed E-state index contributed by atoms with van der Waals surface area (Å²) in [7, 11) is 0. The zero-order valence-electron chi connectivity index (χ0n) is 16.0. The summed E-state index contributed by atoms with van der Waals surface area (Å²) in [5, 5.41) is 5.54. The van der Waals surface area contributed by atoms with Crippen molar-refractivity contribution in [1.82, 2.24) is 15.3 Å². The number of nitrogens with zero attached hydrogens (tertiary/aromatic N) is 3. The van der Waals surface area contributed by atoms with Gasteiger partial charge in [0.05, 0.1) is 17.2 Å². The van der Waals surface area contributed by atoms with Crippen molar-refractivity contribution in [1.29, 1.82) is 0 Å². The van der Waals surface area contributed by atoms with Gasteiger partial charge in [-0.3, -0.25) is 4.79 Å². The molecule has 2 atom stereocenters. The van der Waals surface area contributed by atoms with E-state index in [1.165, 1.54) is 11.3 Å². The van der Waals surface area contributed by atoms with Gasteiger partial charge in [-0.2, -0.15) is 0 Å². The van der Waals surface area contributed by atoms with E-state index in [0.717, 1.165) is 29.5 Å². The van der Waals surface area contributed by atoms with Gasteiger partial charge in [-0.1, -0.05) is 6.07 Å². The molecule has 156 valence electrons.